The summed E-state index contributed by atoms with van der Waals surface area (Å²) in [6, 6.07) is 1.27. The summed E-state index contributed by atoms with van der Waals surface area (Å²) in [5, 5.41) is 2.83. The van der Waals surface area contributed by atoms with Crippen LogP contribution in [0, 0.1) is 12.8 Å². The molecule has 2 aromatic rings. The van der Waals surface area contributed by atoms with E-state index in [4.69, 9.17) is 13.9 Å². The summed E-state index contributed by atoms with van der Waals surface area (Å²) in [7, 11) is 1.28. The molecule has 0 aliphatic carbocycles. The zero-order chi connectivity index (χ0) is 19.3. The van der Waals surface area contributed by atoms with Gasteiger partial charge in [0.25, 0.3) is 5.91 Å². The van der Waals surface area contributed by atoms with E-state index in [2.05, 4.69) is 10.3 Å². The van der Waals surface area contributed by atoms with E-state index in [-0.39, 0.29) is 28.6 Å². The van der Waals surface area contributed by atoms with E-state index >= 15 is 0 Å². The molecule has 0 aliphatic heterocycles. The van der Waals surface area contributed by atoms with E-state index in [9.17, 15) is 14.4 Å². The fourth-order valence-corrected chi connectivity index (χ4v) is 3.25. The zero-order valence-electron chi connectivity index (χ0n) is 15.0. The highest BCUT2D eigenvalue weighted by atomic mass is 32.1. The van der Waals surface area contributed by atoms with Gasteiger partial charge in [0.2, 0.25) is 11.2 Å². The third-order valence-corrected chi connectivity index (χ3v) is 4.20. The van der Waals surface area contributed by atoms with Crippen LogP contribution in [0.5, 0.6) is 5.75 Å². The second-order valence-electron chi connectivity index (χ2n) is 5.94. The fourth-order valence-electron chi connectivity index (χ4n) is 2.07. The number of carbonyl (C=O) groups is 2. The van der Waals surface area contributed by atoms with Crippen molar-refractivity contribution in [2.75, 3.05) is 19.0 Å². The molecule has 140 valence electrons. The lowest BCUT2D eigenvalue weighted by molar-refractivity contribution is -0.118. The van der Waals surface area contributed by atoms with Crippen molar-refractivity contribution in [3.05, 3.63) is 38.9 Å². The van der Waals surface area contributed by atoms with Gasteiger partial charge in [-0.1, -0.05) is 13.8 Å². The van der Waals surface area contributed by atoms with Crippen molar-refractivity contribution >= 4 is 28.3 Å². The molecule has 0 atom stereocenters. The van der Waals surface area contributed by atoms with Crippen LogP contribution in [0.15, 0.2) is 21.5 Å². The smallest absolute Gasteiger partial charge is 0.357 e. The number of carbonyl (C=O) groups excluding carboxylic acids is 2. The van der Waals surface area contributed by atoms with Crippen LogP contribution in [-0.2, 0) is 16.0 Å². The summed E-state index contributed by atoms with van der Waals surface area (Å²) < 4.78 is 15.0. The Morgan fingerprint density at radius 2 is 2.12 bits per heavy atom. The van der Waals surface area contributed by atoms with Crippen LogP contribution in [-0.4, -0.2) is 30.6 Å². The molecule has 9 heteroatoms. The van der Waals surface area contributed by atoms with Gasteiger partial charge < -0.3 is 13.9 Å². The summed E-state index contributed by atoms with van der Waals surface area (Å²) in [6.07, 6.45) is 1.79. The van der Waals surface area contributed by atoms with E-state index in [1.54, 1.807) is 6.92 Å². The van der Waals surface area contributed by atoms with Crippen molar-refractivity contribution < 1.29 is 23.5 Å². The number of aromatic nitrogens is 1. The quantitative estimate of drug-likeness (QED) is 0.735. The van der Waals surface area contributed by atoms with Crippen molar-refractivity contribution in [2.45, 2.75) is 27.2 Å². The third kappa shape index (κ3) is 5.16. The van der Waals surface area contributed by atoms with Gasteiger partial charge in [-0.3, -0.25) is 14.9 Å². The Kier molecular flexibility index (Phi) is 6.51. The minimum absolute atomic E-state index is 0.0550. The molecule has 1 amide bonds. The van der Waals surface area contributed by atoms with Crippen molar-refractivity contribution in [2.24, 2.45) is 5.92 Å². The van der Waals surface area contributed by atoms with Crippen molar-refractivity contribution in [3.63, 3.8) is 0 Å². The van der Waals surface area contributed by atoms with Crippen LogP contribution in [0.1, 0.15) is 35.0 Å². The lowest BCUT2D eigenvalue weighted by Crippen LogP contribution is -2.22. The SMILES string of the molecule is COC(=O)c1nc(NC(=O)COc2coc(C)cc2=O)sc1CC(C)C. The molecule has 0 spiro atoms. The lowest BCUT2D eigenvalue weighted by Gasteiger charge is -2.04. The van der Waals surface area contributed by atoms with Gasteiger partial charge in [0.05, 0.1) is 7.11 Å². The highest BCUT2D eigenvalue weighted by Gasteiger charge is 2.20. The van der Waals surface area contributed by atoms with Crippen LogP contribution in [0.3, 0.4) is 0 Å². The average molecular weight is 380 g/mol. The monoisotopic (exact) mass is 380 g/mol. The van der Waals surface area contributed by atoms with E-state index in [0.29, 0.717) is 18.1 Å². The van der Waals surface area contributed by atoms with Gasteiger partial charge in [-0.25, -0.2) is 9.78 Å². The van der Waals surface area contributed by atoms with Crippen LogP contribution < -0.4 is 15.5 Å². The molecule has 1 N–H and O–H groups in total. The first kappa shape index (κ1) is 19.6. The number of aryl methyl sites for hydroxylation is 1. The number of rotatable bonds is 7. The molecule has 2 heterocycles. The Bertz CT molecular complexity index is 855. The molecule has 8 nitrogen and oxygen atoms in total. The highest BCUT2D eigenvalue weighted by Crippen LogP contribution is 2.26. The molecule has 26 heavy (non-hydrogen) atoms. The summed E-state index contributed by atoms with van der Waals surface area (Å²) in [4.78, 5) is 40.4. The van der Waals surface area contributed by atoms with Gasteiger partial charge >= 0.3 is 5.97 Å². The number of nitrogens with one attached hydrogen (secondary N) is 1. The predicted octanol–water partition coefficient (Wildman–Crippen LogP) is 2.41. The second-order valence-corrected chi connectivity index (χ2v) is 7.02. The number of anilines is 1. The lowest BCUT2D eigenvalue weighted by atomic mass is 10.1. The van der Waals surface area contributed by atoms with Crippen LogP contribution in [0.2, 0.25) is 0 Å². The standard InChI is InChI=1S/C17H20N2O6S/c1-9(2)5-13-15(16(22)23-4)19-17(26-13)18-14(21)8-25-12-7-24-10(3)6-11(12)20/h6-7,9H,5,8H2,1-4H3,(H,18,19,21). The van der Waals surface area contributed by atoms with Crippen molar-refractivity contribution in [1.29, 1.82) is 0 Å². The molecule has 0 bridgehead atoms. The van der Waals surface area contributed by atoms with Crippen LogP contribution in [0.25, 0.3) is 0 Å². The number of hydrogen-bond acceptors (Lipinski definition) is 8. The Morgan fingerprint density at radius 3 is 2.73 bits per heavy atom. The molecule has 0 radical (unpaired) electrons. The van der Waals surface area contributed by atoms with Crippen molar-refractivity contribution in [1.82, 2.24) is 4.98 Å². The third-order valence-electron chi connectivity index (χ3n) is 3.20. The molecule has 0 aliphatic rings. The number of esters is 1. The van der Waals surface area contributed by atoms with Crippen LogP contribution >= 0.6 is 11.3 Å². The maximum absolute atomic E-state index is 12.0. The average Bonchev–Trinajstić information content (AvgIpc) is 2.94. The Labute approximate surface area is 154 Å². The number of nitrogens with zero attached hydrogens (tertiary/aromatic N) is 1. The van der Waals surface area contributed by atoms with Crippen LogP contribution in [0.4, 0.5) is 5.13 Å². The summed E-state index contributed by atoms with van der Waals surface area (Å²) >= 11 is 1.21. The maximum Gasteiger partial charge on any atom is 0.357 e. The molecular weight excluding hydrogens is 360 g/mol. The first-order chi connectivity index (χ1) is 12.3. The van der Waals surface area contributed by atoms with Gasteiger partial charge in [-0.2, -0.15) is 0 Å². The molecule has 2 aromatic heterocycles. The number of hydrogen-bond donors (Lipinski definition) is 1. The summed E-state index contributed by atoms with van der Waals surface area (Å²) in [5.74, 6) is -0.355. The van der Waals surface area contributed by atoms with Crippen molar-refractivity contribution in [3.8, 4) is 5.75 Å². The first-order valence-electron chi connectivity index (χ1n) is 7.90. The molecule has 0 fully saturated rings. The number of ether oxygens (including phenoxy) is 2. The molecule has 0 saturated carbocycles. The van der Waals surface area contributed by atoms with E-state index in [1.165, 1.54) is 24.5 Å². The molecule has 0 unspecified atom stereocenters. The second kappa shape index (κ2) is 8.61. The molecule has 0 saturated heterocycles. The number of methoxy groups -OCH3 is 1. The minimum atomic E-state index is -0.550. The zero-order valence-corrected chi connectivity index (χ0v) is 15.8. The molecule has 2 rings (SSSR count). The van der Waals surface area contributed by atoms with E-state index in [0.717, 1.165) is 11.1 Å². The largest absolute Gasteiger partial charge is 0.477 e. The van der Waals surface area contributed by atoms with Gasteiger partial charge in [0.15, 0.2) is 17.4 Å². The van der Waals surface area contributed by atoms with Gasteiger partial charge in [0.1, 0.15) is 12.0 Å². The Balaban J connectivity index is 2.05. The molecule has 0 aromatic carbocycles. The normalized spacial score (nSPS) is 10.7. The maximum atomic E-state index is 12.0. The summed E-state index contributed by atoms with van der Waals surface area (Å²) in [5.41, 5.74) is -0.176. The van der Waals surface area contributed by atoms with Gasteiger partial charge in [-0.15, -0.1) is 11.3 Å². The first-order valence-corrected chi connectivity index (χ1v) is 8.72. The van der Waals surface area contributed by atoms with E-state index < -0.39 is 11.9 Å². The number of amides is 1. The van der Waals surface area contributed by atoms with E-state index in [1.807, 2.05) is 13.8 Å². The topological polar surface area (TPSA) is 108 Å². The summed E-state index contributed by atoms with van der Waals surface area (Å²) in [6.45, 7) is 5.27. The molecular formula is C17H20N2O6S. The fraction of sp³-hybridized carbons (Fsp3) is 0.412. The van der Waals surface area contributed by atoms with Gasteiger partial charge in [-0.05, 0) is 19.3 Å². The number of thiazole rings is 1. The highest BCUT2D eigenvalue weighted by molar-refractivity contribution is 7.16. The van der Waals surface area contributed by atoms with Gasteiger partial charge in [0, 0.05) is 10.9 Å². The minimum Gasteiger partial charge on any atom is -0.477 e. The predicted molar refractivity (Wildman–Crippen MR) is 95.8 cm³/mol. The Morgan fingerprint density at radius 1 is 1.38 bits per heavy atom. The Hall–Kier alpha value is -2.68.